The van der Waals surface area contributed by atoms with Crippen LogP contribution in [0.5, 0.6) is 17.2 Å². The quantitative estimate of drug-likeness (QED) is 0.616. The maximum Gasteiger partial charge on any atom is 0.203 e. The number of aromatic nitrogens is 3. The molecule has 1 saturated carbocycles. The van der Waals surface area contributed by atoms with Gasteiger partial charge in [0, 0.05) is 23.9 Å². The van der Waals surface area contributed by atoms with Crippen molar-refractivity contribution in [3.05, 3.63) is 42.2 Å². The Morgan fingerprint density at radius 1 is 1.07 bits per heavy atom. The van der Waals surface area contributed by atoms with Crippen LogP contribution in [-0.2, 0) is 0 Å². The molecule has 1 aliphatic carbocycles. The molecule has 1 aliphatic rings. The Kier molecular flexibility index (Phi) is 5.19. The molecule has 0 bridgehead atoms. The zero-order chi connectivity index (χ0) is 20.4. The monoisotopic (exact) mass is 398 g/mol. The van der Waals surface area contributed by atoms with Gasteiger partial charge in [-0.2, -0.15) is 0 Å². The average molecular weight is 398 g/mol. The van der Waals surface area contributed by atoms with Gasteiger partial charge < -0.3 is 24.6 Å². The zero-order valence-corrected chi connectivity index (χ0v) is 16.9. The van der Waals surface area contributed by atoms with Crippen molar-refractivity contribution >= 4 is 11.5 Å². The molecule has 0 amide bonds. The number of fused-ring (bicyclic) bond motifs is 1. The van der Waals surface area contributed by atoms with Crippen molar-refractivity contribution in [1.29, 1.82) is 0 Å². The maximum atomic E-state index is 11.7. The van der Waals surface area contributed by atoms with Gasteiger partial charge in [0.25, 0.3) is 0 Å². The highest BCUT2D eigenvalue weighted by atomic mass is 16.5. The maximum absolute atomic E-state index is 11.7. The van der Waals surface area contributed by atoms with E-state index in [4.69, 9.17) is 14.2 Å². The molecule has 2 aromatic heterocycles. The number of imidazole rings is 1. The Labute approximate surface area is 169 Å². The fourth-order valence-electron chi connectivity index (χ4n) is 4.22. The molecular weight excluding hydrogens is 372 g/mol. The smallest absolute Gasteiger partial charge is 0.203 e. The molecule has 0 aliphatic heterocycles. The number of benzene rings is 1. The minimum atomic E-state index is -1.17. The van der Waals surface area contributed by atoms with Crippen LogP contribution in [0, 0.1) is 0 Å². The van der Waals surface area contributed by atoms with Crippen molar-refractivity contribution in [2.75, 3.05) is 26.6 Å². The molecule has 2 heterocycles. The van der Waals surface area contributed by atoms with Crippen molar-refractivity contribution in [2.24, 2.45) is 0 Å². The van der Waals surface area contributed by atoms with E-state index in [0.717, 1.165) is 30.5 Å². The van der Waals surface area contributed by atoms with Gasteiger partial charge in [-0.15, -0.1) is 5.10 Å². The molecule has 0 saturated heterocycles. The fourth-order valence-corrected chi connectivity index (χ4v) is 4.22. The Balaban J connectivity index is 1.73. The minimum absolute atomic E-state index is 0.203. The highest BCUT2D eigenvalue weighted by Crippen LogP contribution is 2.49. The molecule has 4 rings (SSSR count). The predicted octanol–water partition coefficient (Wildman–Crippen LogP) is 3.21. The first kappa shape index (κ1) is 19.3. The molecule has 2 N–H and O–H groups in total. The van der Waals surface area contributed by atoms with Gasteiger partial charge in [0.1, 0.15) is 11.5 Å². The largest absolute Gasteiger partial charge is 0.493 e. The van der Waals surface area contributed by atoms with Gasteiger partial charge in [-0.05, 0) is 37.5 Å². The summed E-state index contributed by atoms with van der Waals surface area (Å²) in [5.74, 6) is 2.08. The van der Waals surface area contributed by atoms with E-state index >= 15 is 0 Å². The number of nitrogens with one attached hydrogen (secondary N) is 1. The summed E-state index contributed by atoms with van der Waals surface area (Å²) in [5.41, 5.74) is 0.458. The second kappa shape index (κ2) is 7.79. The Bertz CT molecular complexity index is 1010. The van der Waals surface area contributed by atoms with E-state index in [1.54, 1.807) is 38.2 Å². The molecule has 0 spiro atoms. The molecule has 154 valence electrons. The second-order valence-corrected chi connectivity index (χ2v) is 7.22. The summed E-state index contributed by atoms with van der Waals surface area (Å²) in [7, 11) is 4.78. The molecule has 2 atom stereocenters. The van der Waals surface area contributed by atoms with Crippen LogP contribution in [0.4, 0.5) is 5.82 Å². The number of aliphatic hydroxyl groups is 1. The summed E-state index contributed by atoms with van der Waals surface area (Å²) >= 11 is 0. The van der Waals surface area contributed by atoms with Gasteiger partial charge in [0.15, 0.2) is 17.1 Å². The first-order chi connectivity index (χ1) is 14.1. The average Bonchev–Trinajstić information content (AvgIpc) is 3.20. The number of hydrogen-bond acceptors (Lipinski definition) is 7. The number of hydrogen-bond donors (Lipinski definition) is 2. The summed E-state index contributed by atoms with van der Waals surface area (Å²) in [5, 5.41) is 19.5. The third kappa shape index (κ3) is 3.44. The highest BCUT2D eigenvalue weighted by molar-refractivity contribution is 5.58. The van der Waals surface area contributed by atoms with Crippen LogP contribution >= 0.6 is 0 Å². The second-order valence-electron chi connectivity index (χ2n) is 7.22. The first-order valence-electron chi connectivity index (χ1n) is 9.69. The van der Waals surface area contributed by atoms with E-state index in [0.29, 0.717) is 29.5 Å². The Morgan fingerprint density at radius 3 is 2.66 bits per heavy atom. The molecule has 3 aromatic rings. The van der Waals surface area contributed by atoms with Crippen LogP contribution in [0.3, 0.4) is 0 Å². The predicted molar refractivity (Wildman–Crippen MR) is 109 cm³/mol. The number of anilines is 1. The van der Waals surface area contributed by atoms with E-state index in [1.807, 2.05) is 24.3 Å². The molecule has 0 radical (unpaired) electrons. The van der Waals surface area contributed by atoms with Gasteiger partial charge in [-0.25, -0.2) is 9.50 Å². The molecule has 1 aromatic carbocycles. The molecule has 8 nitrogen and oxygen atoms in total. The summed E-state index contributed by atoms with van der Waals surface area (Å²) in [6, 6.07) is 7.49. The van der Waals surface area contributed by atoms with Gasteiger partial charge in [0.05, 0.1) is 21.3 Å². The summed E-state index contributed by atoms with van der Waals surface area (Å²) < 4.78 is 18.3. The van der Waals surface area contributed by atoms with Crippen molar-refractivity contribution < 1.29 is 19.3 Å². The first-order valence-corrected chi connectivity index (χ1v) is 9.69. The molecule has 2 unspecified atom stereocenters. The molecule has 29 heavy (non-hydrogen) atoms. The van der Waals surface area contributed by atoms with Crippen molar-refractivity contribution in [3.8, 4) is 17.2 Å². The van der Waals surface area contributed by atoms with Gasteiger partial charge in [-0.1, -0.05) is 12.5 Å². The highest BCUT2D eigenvalue weighted by Gasteiger charge is 2.42. The van der Waals surface area contributed by atoms with Crippen LogP contribution in [0.25, 0.3) is 5.65 Å². The van der Waals surface area contributed by atoms with Crippen LogP contribution in [-0.4, -0.2) is 46.8 Å². The number of nitrogens with zero attached hydrogens (tertiary/aromatic N) is 3. The number of ether oxygens (including phenoxy) is 3. The van der Waals surface area contributed by atoms with E-state index in [-0.39, 0.29) is 5.92 Å². The lowest BCUT2D eigenvalue weighted by Crippen LogP contribution is -2.46. The number of rotatable bonds is 6. The Morgan fingerprint density at radius 2 is 1.90 bits per heavy atom. The molecular formula is C21H26N4O4. The van der Waals surface area contributed by atoms with Crippen molar-refractivity contribution in [2.45, 2.75) is 37.3 Å². The van der Waals surface area contributed by atoms with Gasteiger partial charge >= 0.3 is 0 Å². The normalized spacial score (nSPS) is 21.7. The van der Waals surface area contributed by atoms with Gasteiger partial charge in [-0.3, -0.25) is 0 Å². The Hall–Kier alpha value is -3.00. The van der Waals surface area contributed by atoms with Crippen molar-refractivity contribution in [1.82, 2.24) is 14.6 Å². The van der Waals surface area contributed by atoms with Crippen molar-refractivity contribution in [3.63, 3.8) is 0 Å². The van der Waals surface area contributed by atoms with Crippen LogP contribution < -0.4 is 19.5 Å². The lowest BCUT2D eigenvalue weighted by atomic mass is 9.76. The summed E-state index contributed by atoms with van der Waals surface area (Å²) in [6.45, 7) is 0. The van der Waals surface area contributed by atoms with E-state index in [1.165, 1.54) is 0 Å². The van der Waals surface area contributed by atoms with Gasteiger partial charge in [0.2, 0.25) is 5.75 Å². The summed E-state index contributed by atoms with van der Waals surface area (Å²) in [6.07, 6.45) is 6.81. The van der Waals surface area contributed by atoms with E-state index in [2.05, 4.69) is 15.4 Å². The van der Waals surface area contributed by atoms with E-state index in [9.17, 15) is 5.11 Å². The van der Waals surface area contributed by atoms with E-state index < -0.39 is 5.72 Å². The standard InChI is InChI=1S/C21H26N4O4/c1-27-16-8-7-14(19(28-2)20(16)29-3)15-6-4-5-11-21(15,26)23-17-9-10-18-22-12-13-25(18)24-17/h7-10,12-13,15,26H,4-6,11H2,1-3H3,(H,23,24). The van der Waals surface area contributed by atoms with Crippen LogP contribution in [0.15, 0.2) is 36.7 Å². The third-order valence-corrected chi connectivity index (χ3v) is 5.59. The fraction of sp³-hybridized carbons (Fsp3) is 0.429. The summed E-state index contributed by atoms with van der Waals surface area (Å²) in [4.78, 5) is 4.21. The lowest BCUT2D eigenvalue weighted by molar-refractivity contribution is 0.00837. The zero-order valence-electron chi connectivity index (χ0n) is 16.9. The molecule has 8 heteroatoms. The molecule has 1 fully saturated rings. The lowest BCUT2D eigenvalue weighted by Gasteiger charge is -2.41. The topological polar surface area (TPSA) is 90.1 Å². The third-order valence-electron chi connectivity index (χ3n) is 5.59. The van der Waals surface area contributed by atoms with Crippen LogP contribution in [0.1, 0.15) is 37.2 Å². The van der Waals surface area contributed by atoms with Crippen LogP contribution in [0.2, 0.25) is 0 Å². The SMILES string of the molecule is COc1ccc(C2CCCCC2(O)Nc2ccc3nccn3n2)c(OC)c1OC. The minimum Gasteiger partial charge on any atom is -0.493 e. The number of methoxy groups -OCH3 is 3.